The predicted molar refractivity (Wildman–Crippen MR) is 114 cm³/mol. The van der Waals surface area contributed by atoms with Crippen LogP contribution in [0.25, 0.3) is 11.0 Å². The third kappa shape index (κ3) is 4.16. The molecule has 3 N–H and O–H groups in total. The Morgan fingerprint density at radius 1 is 1.17 bits per heavy atom. The number of nitrogens with one attached hydrogen (secondary N) is 2. The number of piperidine rings is 1. The van der Waals surface area contributed by atoms with E-state index in [4.69, 9.17) is 4.42 Å². The van der Waals surface area contributed by atoms with Gasteiger partial charge in [0.25, 0.3) is 5.91 Å². The number of rotatable bonds is 5. The van der Waals surface area contributed by atoms with Gasteiger partial charge in [-0.25, -0.2) is 0 Å². The first-order valence-corrected chi connectivity index (χ1v) is 11.5. The number of phenols is 1. The minimum Gasteiger partial charge on any atom is -0.507 e. The number of amides is 1. The third-order valence-electron chi connectivity index (χ3n) is 7.06. The van der Waals surface area contributed by atoms with Crippen LogP contribution in [0.1, 0.15) is 86.4 Å². The maximum absolute atomic E-state index is 13.2. The molecule has 0 radical (unpaired) electrons. The van der Waals surface area contributed by atoms with Crippen molar-refractivity contribution >= 4 is 16.9 Å². The van der Waals surface area contributed by atoms with E-state index < -0.39 is 0 Å². The topological polar surface area (TPSA) is 66.9 Å². The van der Waals surface area contributed by atoms with Gasteiger partial charge in [-0.15, -0.1) is 0 Å². The summed E-state index contributed by atoms with van der Waals surface area (Å²) in [6.45, 7) is 5.97. The van der Waals surface area contributed by atoms with Crippen LogP contribution in [0.15, 0.2) is 16.5 Å². The summed E-state index contributed by atoms with van der Waals surface area (Å²) >= 11 is 0. The van der Waals surface area contributed by atoms with E-state index >= 15 is 0 Å². The number of hydrogen-bond donors (Lipinski definition) is 3. The van der Waals surface area contributed by atoms with Crippen molar-refractivity contribution in [2.75, 3.05) is 6.54 Å². The predicted octanol–water partition coefficient (Wildman–Crippen LogP) is 3.86. The molecule has 0 spiro atoms. The number of furan rings is 1. The number of quaternary nitrogens is 1. The van der Waals surface area contributed by atoms with Crippen molar-refractivity contribution < 1.29 is 19.2 Å². The van der Waals surface area contributed by atoms with Gasteiger partial charge in [0.05, 0.1) is 23.7 Å². The number of carbonyl (C=O) groups excluding carboxylic acids is 1. The van der Waals surface area contributed by atoms with Crippen molar-refractivity contribution in [3.63, 3.8) is 0 Å². The zero-order valence-electron chi connectivity index (χ0n) is 17.9. The lowest BCUT2D eigenvalue weighted by Crippen LogP contribution is -3.15. The largest absolute Gasteiger partial charge is 0.507 e. The molecule has 1 amide bonds. The summed E-state index contributed by atoms with van der Waals surface area (Å²) < 4.78 is 5.97. The highest BCUT2D eigenvalue weighted by Crippen LogP contribution is 2.34. The van der Waals surface area contributed by atoms with Gasteiger partial charge in [-0.1, -0.05) is 26.2 Å². The second-order valence-corrected chi connectivity index (χ2v) is 8.96. The standard InChI is InChI=1S/C24H34N2O3/c1-3-18-11-7-8-14-26(18)15-19-20(27)12-13-21-23(19)22(16(2)29-21)24(28)25-17-9-5-4-6-10-17/h12-13,17-18,27H,3-11,14-15H2,1-2H3,(H,25,28)/p+1/t18-/m0/s1. The lowest BCUT2D eigenvalue weighted by Gasteiger charge is -2.32. The van der Waals surface area contributed by atoms with Crippen molar-refractivity contribution in [3.05, 3.63) is 29.0 Å². The Hall–Kier alpha value is -2.01. The fraction of sp³-hybridized carbons (Fsp3) is 0.625. The second kappa shape index (κ2) is 8.78. The summed E-state index contributed by atoms with van der Waals surface area (Å²) in [4.78, 5) is 14.7. The van der Waals surface area contributed by atoms with E-state index in [1.54, 1.807) is 12.1 Å². The Kier molecular flexibility index (Phi) is 6.14. The second-order valence-electron chi connectivity index (χ2n) is 8.96. The number of likely N-dealkylation sites (tertiary alicyclic amines) is 1. The first kappa shape index (κ1) is 20.3. The maximum atomic E-state index is 13.2. The minimum atomic E-state index is -0.0549. The van der Waals surface area contributed by atoms with Crippen LogP contribution in [0.2, 0.25) is 0 Å². The van der Waals surface area contributed by atoms with Crippen molar-refractivity contribution in [2.24, 2.45) is 0 Å². The fourth-order valence-corrected chi connectivity index (χ4v) is 5.43. The Balaban J connectivity index is 1.68. The van der Waals surface area contributed by atoms with Crippen LogP contribution >= 0.6 is 0 Å². The molecule has 1 saturated carbocycles. The van der Waals surface area contributed by atoms with Gasteiger partial charge in [-0.3, -0.25) is 4.79 Å². The molecule has 29 heavy (non-hydrogen) atoms. The van der Waals surface area contributed by atoms with E-state index in [0.29, 0.717) is 22.9 Å². The highest BCUT2D eigenvalue weighted by Gasteiger charge is 2.30. The van der Waals surface area contributed by atoms with Gasteiger partial charge >= 0.3 is 0 Å². The van der Waals surface area contributed by atoms with Crippen LogP contribution in [-0.4, -0.2) is 29.6 Å². The summed E-state index contributed by atoms with van der Waals surface area (Å²) in [7, 11) is 0. The van der Waals surface area contributed by atoms with E-state index in [9.17, 15) is 9.90 Å². The molecule has 1 aliphatic heterocycles. The number of phenolic OH excluding ortho intramolecular Hbond substituents is 1. The molecule has 1 aromatic carbocycles. The van der Waals surface area contributed by atoms with Gasteiger partial charge in [0, 0.05) is 11.4 Å². The molecule has 5 heteroatoms. The Morgan fingerprint density at radius 3 is 2.69 bits per heavy atom. The van der Waals surface area contributed by atoms with Crippen molar-refractivity contribution in [3.8, 4) is 5.75 Å². The molecule has 2 aliphatic rings. The van der Waals surface area contributed by atoms with Crippen LogP contribution in [0, 0.1) is 6.92 Å². The molecular formula is C24H35N2O3+. The third-order valence-corrected chi connectivity index (χ3v) is 7.06. The molecule has 2 aromatic rings. The summed E-state index contributed by atoms with van der Waals surface area (Å²) in [6, 6.07) is 4.37. The highest BCUT2D eigenvalue weighted by molar-refractivity contribution is 6.09. The Morgan fingerprint density at radius 2 is 1.93 bits per heavy atom. The fourth-order valence-electron chi connectivity index (χ4n) is 5.43. The van der Waals surface area contributed by atoms with Gasteiger partial charge in [-0.05, 0) is 57.6 Å². The number of hydrogen-bond acceptors (Lipinski definition) is 3. The van der Waals surface area contributed by atoms with Gasteiger partial charge in [0.1, 0.15) is 23.6 Å². The van der Waals surface area contributed by atoms with Crippen LogP contribution in [0.3, 0.4) is 0 Å². The van der Waals surface area contributed by atoms with Gasteiger partial charge in [0.2, 0.25) is 0 Å². The summed E-state index contributed by atoms with van der Waals surface area (Å²) in [5.41, 5.74) is 2.18. The molecule has 1 aliphatic carbocycles. The average molecular weight is 400 g/mol. The Labute approximate surface area is 173 Å². The molecule has 1 aromatic heterocycles. The van der Waals surface area contributed by atoms with Crippen LogP contribution in [-0.2, 0) is 6.54 Å². The number of carbonyl (C=O) groups is 1. The minimum absolute atomic E-state index is 0.0549. The normalized spacial score (nSPS) is 23.4. The lowest BCUT2D eigenvalue weighted by molar-refractivity contribution is -0.943. The van der Waals surface area contributed by atoms with E-state index in [0.717, 1.165) is 43.3 Å². The molecular weight excluding hydrogens is 364 g/mol. The molecule has 1 unspecified atom stereocenters. The van der Waals surface area contributed by atoms with Gasteiger partial charge in [0.15, 0.2) is 0 Å². The number of aryl methyl sites for hydroxylation is 1. The quantitative estimate of drug-likeness (QED) is 0.715. The van der Waals surface area contributed by atoms with E-state index in [2.05, 4.69) is 12.2 Å². The van der Waals surface area contributed by atoms with E-state index in [1.807, 2.05) is 6.92 Å². The van der Waals surface area contributed by atoms with E-state index in [-0.39, 0.29) is 17.7 Å². The molecule has 2 heterocycles. The lowest BCUT2D eigenvalue weighted by atomic mass is 9.94. The zero-order chi connectivity index (χ0) is 20.4. The number of aromatic hydroxyl groups is 1. The van der Waals surface area contributed by atoms with Crippen molar-refractivity contribution in [2.45, 2.75) is 90.3 Å². The molecule has 2 fully saturated rings. The number of benzene rings is 1. The average Bonchev–Trinajstić information content (AvgIpc) is 3.07. The zero-order valence-corrected chi connectivity index (χ0v) is 17.9. The first-order chi connectivity index (χ1) is 14.1. The monoisotopic (exact) mass is 399 g/mol. The van der Waals surface area contributed by atoms with Crippen molar-refractivity contribution in [1.29, 1.82) is 0 Å². The molecule has 158 valence electrons. The van der Waals surface area contributed by atoms with Gasteiger partial charge < -0.3 is 19.7 Å². The SMILES string of the molecule is CC[C@H]1CCCC[NH+]1Cc1c(O)ccc2oc(C)c(C(=O)NC3CCCCC3)c12. The van der Waals surface area contributed by atoms with Crippen molar-refractivity contribution in [1.82, 2.24) is 5.32 Å². The molecule has 5 nitrogen and oxygen atoms in total. The number of fused-ring (bicyclic) bond motifs is 1. The molecule has 2 atom stereocenters. The summed E-state index contributed by atoms with van der Waals surface area (Å²) in [5, 5.41) is 14.8. The smallest absolute Gasteiger partial charge is 0.255 e. The first-order valence-electron chi connectivity index (χ1n) is 11.5. The molecule has 1 saturated heterocycles. The van der Waals surface area contributed by atoms with Crippen LogP contribution < -0.4 is 10.2 Å². The maximum Gasteiger partial charge on any atom is 0.255 e. The summed E-state index contributed by atoms with van der Waals surface area (Å²) in [5.74, 6) is 0.861. The van der Waals surface area contributed by atoms with Crippen LogP contribution in [0.4, 0.5) is 0 Å². The van der Waals surface area contributed by atoms with Gasteiger partial charge in [-0.2, -0.15) is 0 Å². The summed E-state index contributed by atoms with van der Waals surface area (Å²) in [6.07, 6.45) is 10.6. The highest BCUT2D eigenvalue weighted by atomic mass is 16.3. The Bertz CT molecular complexity index is 867. The molecule has 0 bridgehead atoms. The van der Waals surface area contributed by atoms with E-state index in [1.165, 1.54) is 43.4 Å². The molecule has 4 rings (SSSR count). The van der Waals surface area contributed by atoms with Crippen LogP contribution in [0.5, 0.6) is 5.75 Å².